The van der Waals surface area contributed by atoms with Gasteiger partial charge >= 0.3 is 0 Å². The molecule has 1 rings (SSSR count). The van der Waals surface area contributed by atoms with Gasteiger partial charge < -0.3 is 9.47 Å². The van der Waals surface area contributed by atoms with Crippen LogP contribution < -0.4 is 0 Å². The van der Waals surface area contributed by atoms with E-state index in [0.29, 0.717) is 5.92 Å². The van der Waals surface area contributed by atoms with E-state index in [4.69, 9.17) is 9.47 Å². The highest BCUT2D eigenvalue weighted by Gasteiger charge is 2.27. The summed E-state index contributed by atoms with van der Waals surface area (Å²) < 4.78 is 12.2. The third-order valence-corrected chi connectivity index (χ3v) is 2.47. The predicted molar refractivity (Wildman–Crippen MR) is 53.0 cm³/mol. The summed E-state index contributed by atoms with van der Waals surface area (Å²) >= 11 is 2.39. The Morgan fingerprint density at radius 1 is 1.36 bits per heavy atom. The molecule has 0 aromatic rings. The van der Waals surface area contributed by atoms with Gasteiger partial charge in [-0.25, -0.2) is 0 Å². The molecule has 0 amide bonds. The van der Waals surface area contributed by atoms with E-state index in [1.807, 2.05) is 13.8 Å². The molecule has 11 heavy (non-hydrogen) atoms. The second-order valence-electron chi connectivity index (χ2n) is 3.37. The van der Waals surface area contributed by atoms with E-state index in [-0.39, 0.29) is 5.79 Å². The Morgan fingerprint density at radius 2 is 1.91 bits per heavy atom. The molecule has 0 aliphatic carbocycles. The molecule has 0 spiro atoms. The smallest absolute Gasteiger partial charge is 0.162 e. The van der Waals surface area contributed by atoms with Gasteiger partial charge in [0.15, 0.2) is 5.79 Å². The first kappa shape index (κ1) is 9.74. The Labute approximate surface area is 81.8 Å². The third kappa shape index (κ3) is 3.25. The number of rotatable bonds is 2. The van der Waals surface area contributed by atoms with E-state index < -0.39 is 0 Å². The summed E-state index contributed by atoms with van der Waals surface area (Å²) in [5.74, 6) is 0.266. The predicted octanol–water partition coefficient (Wildman–Crippen LogP) is 2.21. The van der Waals surface area contributed by atoms with Gasteiger partial charge in [0.2, 0.25) is 0 Å². The second kappa shape index (κ2) is 4.05. The molecule has 0 aromatic heterocycles. The van der Waals surface area contributed by atoms with Crippen LogP contribution in [0.15, 0.2) is 0 Å². The van der Waals surface area contributed by atoms with Crippen LogP contribution in [-0.2, 0) is 9.47 Å². The second-order valence-corrected chi connectivity index (χ2v) is 4.44. The molecule has 2 nitrogen and oxygen atoms in total. The molecule has 1 saturated heterocycles. The topological polar surface area (TPSA) is 18.5 Å². The van der Waals surface area contributed by atoms with Gasteiger partial charge in [-0.2, -0.15) is 0 Å². The zero-order valence-electron chi connectivity index (χ0n) is 7.10. The Hall–Kier alpha value is 0.650. The van der Waals surface area contributed by atoms with Gasteiger partial charge in [0.1, 0.15) is 0 Å². The molecule has 1 heterocycles. The summed E-state index contributed by atoms with van der Waals surface area (Å²) in [4.78, 5) is 0. The first-order valence-electron chi connectivity index (χ1n) is 3.98. The van der Waals surface area contributed by atoms with Crippen LogP contribution in [-0.4, -0.2) is 23.4 Å². The minimum Gasteiger partial charge on any atom is -0.350 e. The quantitative estimate of drug-likeness (QED) is 0.565. The van der Waals surface area contributed by atoms with Crippen LogP contribution >= 0.6 is 22.6 Å². The van der Waals surface area contributed by atoms with Crippen molar-refractivity contribution in [2.45, 2.75) is 26.1 Å². The fourth-order valence-electron chi connectivity index (χ4n) is 1.05. The van der Waals surface area contributed by atoms with Crippen LogP contribution in [0.25, 0.3) is 0 Å². The first-order chi connectivity index (χ1) is 5.14. The zero-order valence-corrected chi connectivity index (χ0v) is 9.26. The van der Waals surface area contributed by atoms with E-state index in [1.165, 1.54) is 10.8 Å². The van der Waals surface area contributed by atoms with Gasteiger partial charge in [0.05, 0.1) is 13.2 Å². The van der Waals surface area contributed by atoms with Gasteiger partial charge in [0.25, 0.3) is 0 Å². The molecule has 0 unspecified atom stereocenters. The first-order valence-corrected chi connectivity index (χ1v) is 5.50. The summed E-state index contributed by atoms with van der Waals surface area (Å²) in [5.41, 5.74) is 0. The van der Waals surface area contributed by atoms with Crippen molar-refractivity contribution in [3.63, 3.8) is 0 Å². The number of ether oxygens (including phenoxy) is 2. The fraction of sp³-hybridized carbons (Fsp3) is 1.00. The Bertz CT molecular complexity index is 115. The Morgan fingerprint density at radius 3 is 2.36 bits per heavy atom. The molecular formula is C8H15IO2. The van der Waals surface area contributed by atoms with Gasteiger partial charge in [0, 0.05) is 5.92 Å². The lowest BCUT2D eigenvalue weighted by Crippen LogP contribution is -2.39. The maximum absolute atomic E-state index is 5.50. The van der Waals surface area contributed by atoms with Crippen molar-refractivity contribution >= 4 is 22.6 Å². The largest absolute Gasteiger partial charge is 0.350 e. The van der Waals surface area contributed by atoms with Crippen LogP contribution in [0.3, 0.4) is 0 Å². The molecule has 0 bridgehead atoms. The van der Waals surface area contributed by atoms with Crippen molar-refractivity contribution in [1.82, 2.24) is 0 Å². The molecule has 0 aromatic carbocycles. The van der Waals surface area contributed by atoms with Gasteiger partial charge in [-0.15, -0.1) is 0 Å². The van der Waals surface area contributed by atoms with Crippen LogP contribution in [0.1, 0.15) is 20.3 Å². The number of halogens is 1. The van der Waals surface area contributed by atoms with Crippen LogP contribution in [0.5, 0.6) is 0 Å². The monoisotopic (exact) mass is 270 g/mol. The van der Waals surface area contributed by atoms with Crippen molar-refractivity contribution < 1.29 is 9.47 Å². The van der Waals surface area contributed by atoms with Crippen LogP contribution in [0, 0.1) is 5.92 Å². The van der Waals surface area contributed by atoms with Crippen molar-refractivity contribution in [3.05, 3.63) is 0 Å². The average molecular weight is 270 g/mol. The summed E-state index contributed by atoms with van der Waals surface area (Å²) in [6.45, 7) is 5.65. The summed E-state index contributed by atoms with van der Waals surface area (Å²) in [7, 11) is 0. The minimum absolute atomic E-state index is 0.345. The van der Waals surface area contributed by atoms with Crippen molar-refractivity contribution in [1.29, 1.82) is 0 Å². The zero-order chi connectivity index (χ0) is 8.32. The lowest BCUT2D eigenvalue weighted by Gasteiger charge is -2.34. The van der Waals surface area contributed by atoms with Crippen molar-refractivity contribution in [3.8, 4) is 0 Å². The van der Waals surface area contributed by atoms with Crippen molar-refractivity contribution in [2.75, 3.05) is 17.6 Å². The molecule has 0 radical (unpaired) electrons. The highest BCUT2D eigenvalue weighted by molar-refractivity contribution is 14.1. The van der Waals surface area contributed by atoms with Gasteiger partial charge in [-0.1, -0.05) is 22.6 Å². The molecular weight excluding hydrogens is 255 g/mol. The van der Waals surface area contributed by atoms with Gasteiger partial charge in [-0.3, -0.25) is 0 Å². The standard InChI is InChI=1S/C8H15IO2/c1-8(2)10-5-7(3-4-9)6-11-8/h7H,3-6H2,1-2H3. The third-order valence-electron chi connectivity index (χ3n) is 1.85. The van der Waals surface area contributed by atoms with Gasteiger partial charge in [-0.05, 0) is 24.7 Å². The maximum atomic E-state index is 5.50. The summed E-state index contributed by atoms with van der Waals surface area (Å²) in [5, 5.41) is 0. The molecule has 1 aliphatic rings. The SMILES string of the molecule is CC1(C)OCC(CCI)CO1. The van der Waals surface area contributed by atoms with E-state index in [1.54, 1.807) is 0 Å². The van der Waals surface area contributed by atoms with Crippen LogP contribution in [0.4, 0.5) is 0 Å². The normalized spacial score (nSPS) is 25.4. The average Bonchev–Trinajstić information content (AvgIpc) is 1.94. The molecule has 1 aliphatic heterocycles. The molecule has 1 fully saturated rings. The molecule has 3 heteroatoms. The summed E-state index contributed by atoms with van der Waals surface area (Å²) in [6.07, 6.45) is 1.20. The Kier molecular flexibility index (Phi) is 3.58. The Balaban J connectivity index is 2.25. The number of alkyl halides is 1. The van der Waals surface area contributed by atoms with Crippen LogP contribution in [0.2, 0.25) is 0 Å². The van der Waals surface area contributed by atoms with Crippen molar-refractivity contribution in [2.24, 2.45) is 5.92 Å². The van der Waals surface area contributed by atoms with E-state index in [2.05, 4.69) is 22.6 Å². The highest BCUT2D eigenvalue weighted by atomic mass is 127. The van der Waals surface area contributed by atoms with E-state index >= 15 is 0 Å². The lowest BCUT2D eigenvalue weighted by atomic mass is 10.1. The lowest BCUT2D eigenvalue weighted by molar-refractivity contribution is -0.262. The summed E-state index contributed by atoms with van der Waals surface area (Å²) in [6, 6.07) is 0. The maximum Gasteiger partial charge on any atom is 0.162 e. The fourth-order valence-corrected chi connectivity index (χ4v) is 1.93. The van der Waals surface area contributed by atoms with E-state index in [0.717, 1.165) is 13.2 Å². The molecule has 0 N–H and O–H groups in total. The number of hydrogen-bond acceptors (Lipinski definition) is 2. The molecule has 66 valence electrons. The highest BCUT2D eigenvalue weighted by Crippen LogP contribution is 2.22. The van der Waals surface area contributed by atoms with E-state index in [9.17, 15) is 0 Å². The number of hydrogen-bond donors (Lipinski definition) is 0. The minimum atomic E-state index is -0.345. The molecule has 0 atom stereocenters. The molecule has 0 saturated carbocycles.